The molecule has 15 heavy (non-hydrogen) atoms. The second-order valence-corrected chi connectivity index (χ2v) is 3.27. The van der Waals surface area contributed by atoms with E-state index in [4.69, 9.17) is 5.11 Å². The second kappa shape index (κ2) is 11.5. The molecule has 0 amide bonds. The van der Waals surface area contributed by atoms with E-state index in [0.717, 1.165) is 32.4 Å². The number of rotatable bonds is 1. The van der Waals surface area contributed by atoms with Crippen molar-refractivity contribution in [2.24, 2.45) is 5.92 Å². The third-order valence-electron chi connectivity index (χ3n) is 2.30. The molecule has 3 heteroatoms. The molecule has 92 valence electrons. The van der Waals surface area contributed by atoms with E-state index in [1.165, 1.54) is 0 Å². The molecule has 0 saturated carbocycles. The molecule has 3 nitrogen and oxygen atoms in total. The molecular formula is C12H27NO2. The van der Waals surface area contributed by atoms with Gasteiger partial charge in [0.1, 0.15) is 0 Å². The van der Waals surface area contributed by atoms with E-state index in [9.17, 15) is 4.79 Å². The van der Waals surface area contributed by atoms with Crippen molar-refractivity contribution in [3.05, 3.63) is 0 Å². The number of carboxylic acids is 1. The molecule has 0 aromatic carbocycles. The van der Waals surface area contributed by atoms with Gasteiger partial charge in [-0.25, -0.2) is 0 Å². The molecule has 0 aromatic heterocycles. The summed E-state index contributed by atoms with van der Waals surface area (Å²) in [6, 6.07) is 0. The summed E-state index contributed by atoms with van der Waals surface area (Å²) in [5.74, 6) is -0.722. The molecule has 1 saturated heterocycles. The fourth-order valence-electron chi connectivity index (χ4n) is 1.49. The lowest BCUT2D eigenvalue weighted by molar-refractivity contribution is -0.142. The van der Waals surface area contributed by atoms with Gasteiger partial charge in [0, 0.05) is 0 Å². The molecule has 1 rings (SSSR count). The molecule has 0 spiro atoms. The number of aliphatic carboxylic acids is 1. The predicted molar refractivity (Wildman–Crippen MR) is 65.2 cm³/mol. The van der Waals surface area contributed by atoms with Crippen molar-refractivity contribution in [2.75, 3.05) is 20.1 Å². The van der Waals surface area contributed by atoms with Gasteiger partial charge in [-0.1, -0.05) is 27.7 Å². The maximum atomic E-state index is 10.6. The predicted octanol–water partition coefficient (Wildman–Crippen LogP) is 2.86. The zero-order valence-electron chi connectivity index (χ0n) is 10.9. The monoisotopic (exact) mass is 217 g/mol. The zero-order valence-corrected chi connectivity index (χ0v) is 10.9. The Balaban J connectivity index is 0. The average Bonchev–Trinajstić information content (AvgIpc) is 2.49. The zero-order chi connectivity index (χ0) is 12.3. The van der Waals surface area contributed by atoms with Gasteiger partial charge >= 0.3 is 5.97 Å². The van der Waals surface area contributed by atoms with E-state index >= 15 is 0 Å². The Morgan fingerprint density at radius 1 is 1.13 bits per heavy atom. The van der Waals surface area contributed by atoms with Crippen LogP contribution in [0.5, 0.6) is 0 Å². The molecule has 1 aliphatic rings. The Hall–Kier alpha value is -0.570. The first-order valence-corrected chi connectivity index (χ1v) is 6.11. The van der Waals surface area contributed by atoms with Crippen LogP contribution in [-0.4, -0.2) is 36.1 Å². The molecule has 0 bridgehead atoms. The molecule has 0 aromatic rings. The van der Waals surface area contributed by atoms with Gasteiger partial charge in [-0.2, -0.15) is 0 Å². The highest BCUT2D eigenvalue weighted by Crippen LogP contribution is 2.16. The minimum Gasteiger partial charge on any atom is -0.481 e. The van der Waals surface area contributed by atoms with Crippen LogP contribution < -0.4 is 0 Å². The van der Waals surface area contributed by atoms with Gasteiger partial charge in [0.25, 0.3) is 0 Å². The highest BCUT2D eigenvalue weighted by atomic mass is 16.4. The summed E-state index contributed by atoms with van der Waals surface area (Å²) >= 11 is 0. The van der Waals surface area contributed by atoms with Gasteiger partial charge < -0.3 is 10.0 Å². The van der Waals surface area contributed by atoms with Crippen LogP contribution in [0, 0.1) is 5.92 Å². The van der Waals surface area contributed by atoms with Crippen molar-refractivity contribution in [3.8, 4) is 0 Å². The topological polar surface area (TPSA) is 40.5 Å². The summed E-state index contributed by atoms with van der Waals surface area (Å²) in [6.07, 6.45) is 2.68. The largest absolute Gasteiger partial charge is 0.481 e. The summed E-state index contributed by atoms with van der Waals surface area (Å²) in [7, 11) is 2.05. The highest BCUT2D eigenvalue weighted by molar-refractivity contribution is 5.69. The van der Waals surface area contributed by atoms with Crippen LogP contribution in [0.15, 0.2) is 0 Å². The molecule has 1 aliphatic heterocycles. The Kier molecular flexibility index (Phi) is 12.9. The summed E-state index contributed by atoms with van der Waals surface area (Å²) in [6.45, 7) is 9.97. The Labute approximate surface area is 94.5 Å². The highest BCUT2D eigenvalue weighted by Gasteiger charge is 2.20. The fourth-order valence-corrected chi connectivity index (χ4v) is 1.49. The van der Waals surface area contributed by atoms with Crippen molar-refractivity contribution in [3.63, 3.8) is 0 Å². The third-order valence-corrected chi connectivity index (χ3v) is 2.30. The first-order valence-electron chi connectivity index (χ1n) is 6.11. The van der Waals surface area contributed by atoms with Crippen molar-refractivity contribution in [1.29, 1.82) is 0 Å². The first kappa shape index (κ1) is 16.8. The van der Waals surface area contributed by atoms with Crippen molar-refractivity contribution in [2.45, 2.75) is 47.0 Å². The standard InChI is InChI=1S/C8H15NO2.2C2H6/c1-9-5-2-3-7(4-6-9)8(10)11;2*1-2/h7H,2-6H2,1H3,(H,10,11);2*1-2H3. The summed E-state index contributed by atoms with van der Waals surface area (Å²) < 4.78 is 0. The van der Waals surface area contributed by atoms with Crippen molar-refractivity contribution >= 4 is 5.97 Å². The summed E-state index contributed by atoms with van der Waals surface area (Å²) in [5.41, 5.74) is 0. The van der Waals surface area contributed by atoms with Gasteiger partial charge in [0.05, 0.1) is 5.92 Å². The van der Waals surface area contributed by atoms with Crippen molar-refractivity contribution < 1.29 is 9.90 Å². The normalized spacial score (nSPS) is 21.3. The van der Waals surface area contributed by atoms with Crippen LogP contribution in [0.2, 0.25) is 0 Å². The molecule has 0 radical (unpaired) electrons. The lowest BCUT2D eigenvalue weighted by Crippen LogP contribution is -2.20. The SMILES string of the molecule is CC.CC.CN1CCCC(C(=O)O)CC1. The molecule has 0 aliphatic carbocycles. The number of hydrogen-bond donors (Lipinski definition) is 1. The van der Waals surface area contributed by atoms with Gasteiger partial charge in [-0.15, -0.1) is 0 Å². The molecule has 1 atom stereocenters. The van der Waals surface area contributed by atoms with Gasteiger partial charge in [-0.05, 0) is 39.4 Å². The lowest BCUT2D eigenvalue weighted by Gasteiger charge is -2.11. The molecule has 1 heterocycles. The van der Waals surface area contributed by atoms with Crippen LogP contribution in [0.4, 0.5) is 0 Å². The number of carbonyl (C=O) groups is 1. The van der Waals surface area contributed by atoms with Crippen molar-refractivity contribution in [1.82, 2.24) is 4.90 Å². The second-order valence-electron chi connectivity index (χ2n) is 3.27. The molecule has 1 N–H and O–H groups in total. The van der Waals surface area contributed by atoms with Crippen LogP contribution >= 0.6 is 0 Å². The van der Waals surface area contributed by atoms with E-state index in [0.29, 0.717) is 0 Å². The van der Waals surface area contributed by atoms with Crippen LogP contribution in [-0.2, 0) is 4.79 Å². The number of nitrogens with zero attached hydrogens (tertiary/aromatic N) is 1. The lowest BCUT2D eigenvalue weighted by atomic mass is 10.0. The maximum Gasteiger partial charge on any atom is 0.306 e. The van der Waals surface area contributed by atoms with Crippen LogP contribution in [0.25, 0.3) is 0 Å². The maximum absolute atomic E-state index is 10.6. The third kappa shape index (κ3) is 8.43. The van der Waals surface area contributed by atoms with E-state index in [2.05, 4.69) is 4.90 Å². The molecule has 1 unspecified atom stereocenters. The Morgan fingerprint density at radius 2 is 1.67 bits per heavy atom. The van der Waals surface area contributed by atoms with E-state index in [1.807, 2.05) is 34.7 Å². The van der Waals surface area contributed by atoms with Gasteiger partial charge in [-0.3, -0.25) is 4.79 Å². The quantitative estimate of drug-likeness (QED) is 0.734. The Morgan fingerprint density at radius 3 is 2.13 bits per heavy atom. The smallest absolute Gasteiger partial charge is 0.306 e. The number of carboxylic acid groups (broad SMARTS) is 1. The number of hydrogen-bond acceptors (Lipinski definition) is 2. The summed E-state index contributed by atoms with van der Waals surface area (Å²) in [4.78, 5) is 12.8. The van der Waals surface area contributed by atoms with Gasteiger partial charge in [0.2, 0.25) is 0 Å². The Bertz CT molecular complexity index is 149. The molecule has 1 fully saturated rings. The van der Waals surface area contributed by atoms with Crippen LogP contribution in [0.1, 0.15) is 47.0 Å². The van der Waals surface area contributed by atoms with E-state index < -0.39 is 5.97 Å². The minimum atomic E-state index is -0.625. The first-order chi connectivity index (χ1) is 7.20. The van der Waals surface area contributed by atoms with Crippen LogP contribution in [0.3, 0.4) is 0 Å². The summed E-state index contributed by atoms with van der Waals surface area (Å²) in [5, 5.41) is 8.73. The average molecular weight is 217 g/mol. The fraction of sp³-hybridized carbons (Fsp3) is 0.917. The molecular weight excluding hydrogens is 190 g/mol. The van der Waals surface area contributed by atoms with Gasteiger partial charge in [0.15, 0.2) is 0 Å². The number of likely N-dealkylation sites (tertiary alicyclic amines) is 1. The minimum absolute atomic E-state index is 0.0973. The van der Waals surface area contributed by atoms with E-state index in [-0.39, 0.29) is 5.92 Å². The van der Waals surface area contributed by atoms with E-state index in [1.54, 1.807) is 0 Å².